The standard InChI is InChI=1S/C13H10Cl2N4/c14-11-2-1-9(7-12(11)15)8-18-19-13(16)10-3-5-17-6-4-10/h1-8H,(H2,16,19)/b18-8+. The Labute approximate surface area is 120 Å². The largest absolute Gasteiger partial charge is 0.382 e. The van der Waals surface area contributed by atoms with Crippen LogP contribution in [-0.2, 0) is 0 Å². The molecule has 96 valence electrons. The van der Waals surface area contributed by atoms with Crippen molar-refractivity contribution in [2.24, 2.45) is 15.9 Å². The van der Waals surface area contributed by atoms with E-state index in [2.05, 4.69) is 15.2 Å². The van der Waals surface area contributed by atoms with E-state index in [-0.39, 0.29) is 0 Å². The lowest BCUT2D eigenvalue weighted by Crippen LogP contribution is -2.12. The number of pyridine rings is 1. The summed E-state index contributed by atoms with van der Waals surface area (Å²) in [6.07, 6.45) is 4.83. The van der Waals surface area contributed by atoms with E-state index in [0.29, 0.717) is 15.9 Å². The van der Waals surface area contributed by atoms with Gasteiger partial charge in [0.25, 0.3) is 0 Å². The van der Waals surface area contributed by atoms with Crippen molar-refractivity contribution < 1.29 is 0 Å². The maximum atomic E-state index is 5.89. The molecule has 0 aliphatic rings. The third kappa shape index (κ3) is 3.77. The summed E-state index contributed by atoms with van der Waals surface area (Å²) < 4.78 is 0. The molecule has 6 heteroatoms. The Kier molecular flexibility index (Phi) is 4.49. The minimum Gasteiger partial charge on any atom is -0.382 e. The second-order valence-electron chi connectivity index (χ2n) is 3.64. The molecule has 0 amide bonds. The number of amidine groups is 1. The van der Waals surface area contributed by atoms with Crippen LogP contribution in [0.2, 0.25) is 10.0 Å². The number of halogens is 2. The first-order chi connectivity index (χ1) is 9.16. The van der Waals surface area contributed by atoms with Crippen molar-refractivity contribution in [1.29, 1.82) is 0 Å². The Morgan fingerprint density at radius 1 is 1.11 bits per heavy atom. The van der Waals surface area contributed by atoms with Gasteiger partial charge in [0.2, 0.25) is 0 Å². The molecule has 0 aliphatic carbocycles. The van der Waals surface area contributed by atoms with E-state index >= 15 is 0 Å². The van der Waals surface area contributed by atoms with E-state index < -0.39 is 0 Å². The molecule has 1 heterocycles. The normalized spacial score (nSPS) is 12.0. The molecule has 0 saturated heterocycles. The first kappa shape index (κ1) is 13.5. The highest BCUT2D eigenvalue weighted by Gasteiger charge is 1.98. The van der Waals surface area contributed by atoms with Crippen molar-refractivity contribution in [2.75, 3.05) is 0 Å². The van der Waals surface area contributed by atoms with Gasteiger partial charge in [-0.05, 0) is 29.8 Å². The highest BCUT2D eigenvalue weighted by atomic mass is 35.5. The van der Waals surface area contributed by atoms with Crippen LogP contribution in [-0.4, -0.2) is 17.0 Å². The van der Waals surface area contributed by atoms with E-state index in [0.717, 1.165) is 11.1 Å². The number of aromatic nitrogens is 1. The summed E-state index contributed by atoms with van der Waals surface area (Å²) in [6, 6.07) is 8.70. The average molecular weight is 293 g/mol. The monoisotopic (exact) mass is 292 g/mol. The van der Waals surface area contributed by atoms with Crippen LogP contribution >= 0.6 is 23.2 Å². The topological polar surface area (TPSA) is 63.6 Å². The second kappa shape index (κ2) is 6.31. The van der Waals surface area contributed by atoms with E-state index in [1.54, 1.807) is 48.9 Å². The number of nitrogens with two attached hydrogens (primary N) is 1. The molecular formula is C13H10Cl2N4. The SMILES string of the molecule is N/C(=N\N=C\c1ccc(Cl)c(Cl)c1)c1ccncc1. The lowest BCUT2D eigenvalue weighted by Gasteiger charge is -1.97. The summed E-state index contributed by atoms with van der Waals surface area (Å²) in [5.41, 5.74) is 7.33. The highest BCUT2D eigenvalue weighted by Crippen LogP contribution is 2.21. The summed E-state index contributed by atoms with van der Waals surface area (Å²) >= 11 is 11.7. The van der Waals surface area contributed by atoms with Crippen molar-refractivity contribution >= 4 is 35.3 Å². The van der Waals surface area contributed by atoms with Crippen molar-refractivity contribution in [2.45, 2.75) is 0 Å². The van der Waals surface area contributed by atoms with Crippen LogP contribution in [0, 0.1) is 0 Å². The molecule has 0 atom stereocenters. The molecule has 1 aromatic heterocycles. The molecule has 4 nitrogen and oxygen atoms in total. The van der Waals surface area contributed by atoms with Crippen molar-refractivity contribution in [3.8, 4) is 0 Å². The molecule has 0 saturated carbocycles. The average Bonchev–Trinajstić information content (AvgIpc) is 2.43. The summed E-state index contributed by atoms with van der Waals surface area (Å²) in [5.74, 6) is 0.318. The number of nitrogens with zero attached hydrogens (tertiary/aromatic N) is 3. The molecule has 2 rings (SSSR count). The van der Waals surface area contributed by atoms with Crippen molar-refractivity contribution in [1.82, 2.24) is 4.98 Å². The molecule has 0 spiro atoms. The zero-order valence-corrected chi connectivity index (χ0v) is 11.3. The van der Waals surface area contributed by atoms with Crippen molar-refractivity contribution in [3.63, 3.8) is 0 Å². The number of benzene rings is 1. The third-order valence-corrected chi connectivity index (χ3v) is 3.03. The summed E-state index contributed by atoms with van der Waals surface area (Å²) in [4.78, 5) is 3.90. The summed E-state index contributed by atoms with van der Waals surface area (Å²) in [7, 11) is 0. The predicted molar refractivity (Wildman–Crippen MR) is 79.0 cm³/mol. The van der Waals surface area contributed by atoms with Gasteiger partial charge in [0.05, 0.1) is 16.3 Å². The quantitative estimate of drug-likeness (QED) is 0.537. The molecule has 0 bridgehead atoms. The smallest absolute Gasteiger partial charge is 0.153 e. The van der Waals surface area contributed by atoms with Gasteiger partial charge in [0.15, 0.2) is 5.84 Å². The summed E-state index contributed by atoms with van der Waals surface area (Å²) in [6.45, 7) is 0. The molecule has 2 aromatic rings. The van der Waals surface area contributed by atoms with Crippen LogP contribution < -0.4 is 5.73 Å². The van der Waals surface area contributed by atoms with E-state index in [1.165, 1.54) is 0 Å². The zero-order valence-electron chi connectivity index (χ0n) is 9.79. The van der Waals surface area contributed by atoms with Gasteiger partial charge in [-0.1, -0.05) is 29.3 Å². The second-order valence-corrected chi connectivity index (χ2v) is 4.45. The van der Waals surface area contributed by atoms with E-state index in [9.17, 15) is 0 Å². The molecule has 0 radical (unpaired) electrons. The highest BCUT2D eigenvalue weighted by molar-refractivity contribution is 6.42. The van der Waals surface area contributed by atoms with Gasteiger partial charge < -0.3 is 5.73 Å². The van der Waals surface area contributed by atoms with Gasteiger partial charge >= 0.3 is 0 Å². The predicted octanol–water partition coefficient (Wildman–Crippen LogP) is 3.13. The Morgan fingerprint density at radius 3 is 2.53 bits per heavy atom. The Morgan fingerprint density at radius 2 is 1.84 bits per heavy atom. The van der Waals surface area contributed by atoms with Gasteiger partial charge in [-0.3, -0.25) is 4.98 Å². The first-order valence-electron chi connectivity index (χ1n) is 5.39. The first-order valence-corrected chi connectivity index (χ1v) is 6.14. The van der Waals surface area contributed by atoms with Crippen LogP contribution in [0.3, 0.4) is 0 Å². The molecule has 1 aromatic carbocycles. The molecule has 0 unspecified atom stereocenters. The van der Waals surface area contributed by atoms with Gasteiger partial charge in [-0.15, -0.1) is 5.10 Å². The lowest BCUT2D eigenvalue weighted by atomic mass is 10.2. The minimum absolute atomic E-state index is 0.318. The Bertz CT molecular complexity index is 624. The molecule has 19 heavy (non-hydrogen) atoms. The Balaban J connectivity index is 2.13. The van der Waals surface area contributed by atoms with Gasteiger partial charge in [0, 0.05) is 18.0 Å². The number of hydrogen-bond acceptors (Lipinski definition) is 3. The summed E-state index contributed by atoms with van der Waals surface area (Å²) in [5, 5.41) is 8.77. The fraction of sp³-hybridized carbons (Fsp3) is 0. The molecule has 0 fully saturated rings. The molecule has 0 aliphatic heterocycles. The molecular weight excluding hydrogens is 283 g/mol. The molecule has 2 N–H and O–H groups in total. The van der Waals surface area contributed by atoms with Crippen LogP contribution in [0.5, 0.6) is 0 Å². The zero-order chi connectivity index (χ0) is 13.7. The maximum absolute atomic E-state index is 5.89. The van der Waals surface area contributed by atoms with Crippen molar-refractivity contribution in [3.05, 3.63) is 63.9 Å². The van der Waals surface area contributed by atoms with E-state index in [1.807, 2.05) is 0 Å². The van der Waals surface area contributed by atoms with Crippen LogP contribution in [0.25, 0.3) is 0 Å². The number of hydrogen-bond donors (Lipinski definition) is 1. The van der Waals surface area contributed by atoms with Crippen LogP contribution in [0.4, 0.5) is 0 Å². The van der Waals surface area contributed by atoms with Crippen LogP contribution in [0.1, 0.15) is 11.1 Å². The van der Waals surface area contributed by atoms with Gasteiger partial charge in [-0.2, -0.15) is 5.10 Å². The lowest BCUT2D eigenvalue weighted by molar-refractivity contribution is 1.22. The minimum atomic E-state index is 0.318. The fourth-order valence-corrected chi connectivity index (χ4v) is 1.64. The Hall–Kier alpha value is -1.91. The maximum Gasteiger partial charge on any atom is 0.153 e. The van der Waals surface area contributed by atoms with E-state index in [4.69, 9.17) is 28.9 Å². The fourth-order valence-electron chi connectivity index (χ4n) is 1.33. The third-order valence-electron chi connectivity index (χ3n) is 2.29. The van der Waals surface area contributed by atoms with Crippen LogP contribution in [0.15, 0.2) is 52.9 Å². The van der Waals surface area contributed by atoms with Gasteiger partial charge in [0.1, 0.15) is 0 Å². The van der Waals surface area contributed by atoms with Gasteiger partial charge in [-0.25, -0.2) is 0 Å². The number of rotatable bonds is 3.